The summed E-state index contributed by atoms with van der Waals surface area (Å²) in [5.74, 6) is 0.765. The van der Waals surface area contributed by atoms with E-state index in [2.05, 4.69) is 41.4 Å². The van der Waals surface area contributed by atoms with Crippen molar-refractivity contribution < 1.29 is 28.3 Å². The van der Waals surface area contributed by atoms with E-state index in [4.69, 9.17) is 16.3 Å². The number of hydrogen-bond acceptors (Lipinski definition) is 12. The number of imide groups is 1. The van der Waals surface area contributed by atoms with Crippen molar-refractivity contribution in [2.24, 2.45) is 0 Å². The van der Waals surface area contributed by atoms with Crippen molar-refractivity contribution >= 4 is 69.3 Å². The number of aromatic nitrogens is 2. The molecule has 3 amide bonds. The number of hydrogen-bond donors (Lipinski definition) is 2. The molecular weight excluding hydrogens is 843 g/mol. The molecule has 2 N–H and O–H groups in total. The van der Waals surface area contributed by atoms with Gasteiger partial charge in [-0.15, -0.1) is 11.8 Å². The van der Waals surface area contributed by atoms with Crippen LogP contribution in [0, 0.1) is 5.82 Å². The number of ketones is 1. The van der Waals surface area contributed by atoms with E-state index in [0.717, 1.165) is 99.8 Å². The van der Waals surface area contributed by atoms with Crippen LogP contribution in [0.3, 0.4) is 0 Å². The predicted octanol–water partition coefficient (Wildman–Crippen LogP) is 6.65. The van der Waals surface area contributed by atoms with Gasteiger partial charge in [-0.3, -0.25) is 34.3 Å². The van der Waals surface area contributed by atoms with E-state index in [1.807, 2.05) is 24.3 Å². The largest absolute Gasteiger partial charge is 0.496 e. The lowest BCUT2D eigenvalue weighted by molar-refractivity contribution is -0.137. The average Bonchev–Trinajstić information content (AvgIpc) is 3.62. The van der Waals surface area contributed by atoms with Crippen LogP contribution in [0.1, 0.15) is 66.4 Å². The van der Waals surface area contributed by atoms with Crippen LogP contribution in [-0.4, -0.2) is 130 Å². The van der Waals surface area contributed by atoms with Crippen LogP contribution < -0.4 is 15.4 Å². The summed E-state index contributed by atoms with van der Waals surface area (Å²) < 4.78 is 19.4. The van der Waals surface area contributed by atoms with Crippen molar-refractivity contribution in [1.82, 2.24) is 34.9 Å². The summed E-state index contributed by atoms with van der Waals surface area (Å²) in [5, 5.41) is 6.28. The van der Waals surface area contributed by atoms with Gasteiger partial charge in [-0.1, -0.05) is 30.2 Å². The van der Waals surface area contributed by atoms with Crippen LogP contribution in [0.25, 0.3) is 10.9 Å². The lowest BCUT2D eigenvalue weighted by Gasteiger charge is -2.42. The highest BCUT2D eigenvalue weighted by molar-refractivity contribution is 7.99. The lowest BCUT2D eigenvalue weighted by atomic mass is 10.0. The summed E-state index contributed by atoms with van der Waals surface area (Å²) in [4.78, 5) is 69.6. The molecule has 5 heterocycles. The molecular formula is C47H54ClFN8O5S. The lowest BCUT2D eigenvalue weighted by Crippen LogP contribution is -2.53. The molecule has 16 heteroatoms. The number of thioether (sulfide) groups is 1. The SMILES string of the molecule is COc1cc2ncnc(Nc3ccc(F)c(Cl)c3)c2cc1CC(=O)/C=C/CN1CCC(N2CCN(CCCCCSc3cccc4c3CN(C3CCC(=O)NC3=O)C4=O)CC2)CC1. The molecule has 0 radical (unpaired) electrons. The Bertz CT molecular complexity index is 2370. The minimum absolute atomic E-state index is 0.00282. The molecule has 1 aromatic heterocycles. The van der Waals surface area contributed by atoms with Gasteiger partial charge in [0, 0.05) is 91.3 Å². The minimum Gasteiger partial charge on any atom is -0.496 e. The second-order valence-corrected chi connectivity index (χ2v) is 18.2. The first-order chi connectivity index (χ1) is 30.6. The number of allylic oxidation sites excluding steroid dienone is 1. The van der Waals surface area contributed by atoms with E-state index in [-0.39, 0.29) is 41.4 Å². The van der Waals surface area contributed by atoms with Crippen LogP contribution in [-0.2, 0) is 27.3 Å². The standard InChI is InChI=1S/C47H54ClFN8O5S/c1-62-42-28-40-36(45(51-30-50-40)52-32-10-11-39(49)38(48)27-32)26-31(42)25-34(58)7-6-17-54-18-14-33(15-19-54)56-22-20-55(21-23-56)16-3-2-4-24-63-43-9-5-8-35-37(43)29-57(47(35)61)41-12-13-44(59)53-46(41)60/h5-11,26-28,30,33,41H,2-4,12-25,29H2,1H3,(H,50,51,52)(H,53,59,60)/b7-6+. The molecule has 1 unspecified atom stereocenters. The maximum Gasteiger partial charge on any atom is 0.255 e. The molecule has 13 nitrogen and oxygen atoms in total. The number of ether oxygens (including phenoxy) is 1. The molecule has 0 bridgehead atoms. The number of nitrogens with zero attached hydrogens (tertiary/aromatic N) is 6. The number of benzene rings is 3. The first kappa shape index (κ1) is 44.7. The molecule has 4 aliphatic rings. The number of methoxy groups -OCH3 is 1. The molecule has 4 aliphatic heterocycles. The molecule has 0 saturated carbocycles. The van der Waals surface area contributed by atoms with Crippen molar-refractivity contribution in [3.05, 3.63) is 94.5 Å². The zero-order chi connectivity index (χ0) is 43.9. The smallest absolute Gasteiger partial charge is 0.255 e. The Morgan fingerprint density at radius 2 is 1.81 bits per heavy atom. The molecule has 8 rings (SSSR count). The fourth-order valence-corrected chi connectivity index (χ4v) is 10.4. The maximum atomic E-state index is 13.7. The van der Waals surface area contributed by atoms with Crippen LogP contribution in [0.2, 0.25) is 5.02 Å². The number of carbonyl (C=O) groups excluding carboxylic acids is 4. The topological polar surface area (TPSA) is 140 Å². The van der Waals surface area contributed by atoms with Gasteiger partial charge in [-0.25, -0.2) is 14.4 Å². The van der Waals surface area contributed by atoms with E-state index >= 15 is 0 Å². The number of anilines is 2. The van der Waals surface area contributed by atoms with Crippen molar-refractivity contribution in [1.29, 1.82) is 0 Å². The minimum atomic E-state index is -0.592. The molecule has 0 spiro atoms. The molecule has 332 valence electrons. The van der Waals surface area contributed by atoms with Crippen molar-refractivity contribution in [2.75, 3.05) is 70.5 Å². The number of piperazine rings is 1. The molecule has 1 atom stereocenters. The summed E-state index contributed by atoms with van der Waals surface area (Å²) in [7, 11) is 1.58. The van der Waals surface area contributed by atoms with Gasteiger partial charge in [0.1, 0.15) is 29.8 Å². The number of halogens is 2. The number of carbonyl (C=O) groups is 4. The third-order valence-corrected chi connectivity index (χ3v) is 14.1. The Hall–Kier alpha value is -4.93. The molecule has 3 fully saturated rings. The van der Waals surface area contributed by atoms with Crippen molar-refractivity contribution in [3.63, 3.8) is 0 Å². The number of amides is 3. The number of unbranched alkanes of at least 4 members (excludes halogenated alkanes) is 2. The predicted molar refractivity (Wildman–Crippen MR) is 243 cm³/mol. The Morgan fingerprint density at radius 1 is 0.984 bits per heavy atom. The molecule has 63 heavy (non-hydrogen) atoms. The Morgan fingerprint density at radius 3 is 2.59 bits per heavy atom. The van der Waals surface area contributed by atoms with Gasteiger partial charge in [0.25, 0.3) is 5.91 Å². The number of nitrogens with one attached hydrogen (secondary N) is 2. The maximum absolute atomic E-state index is 13.7. The van der Waals surface area contributed by atoms with E-state index < -0.39 is 11.9 Å². The summed E-state index contributed by atoms with van der Waals surface area (Å²) in [6.45, 7) is 8.69. The molecule has 3 saturated heterocycles. The van der Waals surface area contributed by atoms with E-state index in [1.165, 1.54) is 24.9 Å². The Balaban J connectivity index is 0.715. The summed E-state index contributed by atoms with van der Waals surface area (Å²) in [6, 6.07) is 13.9. The van der Waals surface area contributed by atoms with E-state index in [1.54, 1.807) is 42.0 Å². The first-order valence-corrected chi connectivity index (χ1v) is 23.3. The number of fused-ring (bicyclic) bond motifs is 2. The number of rotatable bonds is 17. The zero-order valence-electron chi connectivity index (χ0n) is 35.6. The fraction of sp³-hybridized carbons (Fsp3) is 0.447. The average molecular weight is 898 g/mol. The molecule has 3 aromatic carbocycles. The molecule has 0 aliphatic carbocycles. The summed E-state index contributed by atoms with van der Waals surface area (Å²) in [6.07, 6.45) is 11.6. The van der Waals surface area contributed by atoms with E-state index in [0.29, 0.717) is 52.7 Å². The van der Waals surface area contributed by atoms with E-state index in [9.17, 15) is 23.6 Å². The van der Waals surface area contributed by atoms with Crippen LogP contribution in [0.4, 0.5) is 15.9 Å². The highest BCUT2D eigenvalue weighted by Gasteiger charge is 2.40. The highest BCUT2D eigenvalue weighted by atomic mass is 35.5. The van der Waals surface area contributed by atoms with Gasteiger partial charge in [-0.2, -0.15) is 0 Å². The van der Waals surface area contributed by atoms with Gasteiger partial charge in [0.15, 0.2) is 5.78 Å². The molecule has 4 aromatic rings. The normalized spacial score (nSPS) is 19.3. The summed E-state index contributed by atoms with van der Waals surface area (Å²) >= 11 is 7.78. The third kappa shape index (κ3) is 10.9. The second kappa shape index (κ2) is 20.7. The van der Waals surface area contributed by atoms with Gasteiger partial charge in [0.05, 0.1) is 17.6 Å². The first-order valence-electron chi connectivity index (χ1n) is 21.9. The summed E-state index contributed by atoms with van der Waals surface area (Å²) in [5.41, 5.74) is 3.62. The van der Waals surface area contributed by atoms with Gasteiger partial charge in [0.2, 0.25) is 11.8 Å². The second-order valence-electron chi connectivity index (χ2n) is 16.7. The van der Waals surface area contributed by atoms with Crippen LogP contribution in [0.15, 0.2) is 71.9 Å². The third-order valence-electron chi connectivity index (χ3n) is 12.6. The van der Waals surface area contributed by atoms with Gasteiger partial charge in [-0.05, 0) is 106 Å². The highest BCUT2D eigenvalue weighted by Crippen LogP contribution is 2.35. The van der Waals surface area contributed by atoms with Gasteiger partial charge < -0.3 is 19.9 Å². The van der Waals surface area contributed by atoms with Crippen molar-refractivity contribution in [3.8, 4) is 5.75 Å². The quantitative estimate of drug-likeness (QED) is 0.0508. The number of piperidine rings is 2. The van der Waals surface area contributed by atoms with Crippen LogP contribution >= 0.6 is 23.4 Å². The Labute approximate surface area is 376 Å². The number of likely N-dealkylation sites (tertiary alicyclic amines) is 1. The fourth-order valence-electron chi connectivity index (χ4n) is 9.15. The zero-order valence-corrected chi connectivity index (χ0v) is 37.2. The Kier molecular flexibility index (Phi) is 14.7. The monoisotopic (exact) mass is 896 g/mol. The van der Waals surface area contributed by atoms with Crippen molar-refractivity contribution in [2.45, 2.75) is 74.9 Å². The van der Waals surface area contributed by atoms with Crippen LogP contribution in [0.5, 0.6) is 5.75 Å². The van der Waals surface area contributed by atoms with Gasteiger partial charge >= 0.3 is 0 Å².